The minimum absolute atomic E-state index is 0.0471. The molecular weight excluding hydrogens is 351 g/mol. The second-order valence-corrected chi connectivity index (χ2v) is 5.48. The van der Waals surface area contributed by atoms with E-state index in [1.165, 1.54) is 54.9 Å². The number of carbonyl (C=O) groups excluding carboxylic acids is 1. The van der Waals surface area contributed by atoms with Crippen LogP contribution in [0.25, 0.3) is 17.5 Å². The number of anilines is 1. The number of nitro groups is 1. The second kappa shape index (κ2) is 7.96. The molecule has 8 heteroatoms. The number of amides is 1. The van der Waals surface area contributed by atoms with Crippen LogP contribution in [0.15, 0.2) is 67.0 Å². The minimum Gasteiger partial charge on any atom is -0.322 e. The van der Waals surface area contributed by atoms with Gasteiger partial charge in [0.05, 0.1) is 4.92 Å². The highest BCUT2D eigenvalue weighted by molar-refractivity contribution is 6.01. The lowest BCUT2D eigenvalue weighted by Crippen LogP contribution is -2.07. The summed E-state index contributed by atoms with van der Waals surface area (Å²) in [7, 11) is 0. The lowest BCUT2D eigenvalue weighted by molar-refractivity contribution is -0.384. The summed E-state index contributed by atoms with van der Waals surface area (Å²) in [4.78, 5) is 30.5. The quantitative estimate of drug-likeness (QED) is 0.421. The van der Waals surface area contributed by atoms with E-state index in [-0.39, 0.29) is 5.69 Å². The van der Waals surface area contributed by atoms with E-state index in [2.05, 4.69) is 15.3 Å². The number of carbonyl (C=O) groups is 1. The zero-order chi connectivity index (χ0) is 19.2. The fourth-order valence-corrected chi connectivity index (χ4v) is 2.25. The Hall–Kier alpha value is -3.94. The zero-order valence-electron chi connectivity index (χ0n) is 13.9. The van der Waals surface area contributed by atoms with Gasteiger partial charge in [0, 0.05) is 47.4 Å². The minimum atomic E-state index is -0.488. The van der Waals surface area contributed by atoms with Crippen LogP contribution in [0.2, 0.25) is 0 Å². The highest BCUT2D eigenvalue weighted by Gasteiger charge is 2.08. The molecule has 0 spiro atoms. The van der Waals surface area contributed by atoms with Gasteiger partial charge < -0.3 is 5.32 Å². The van der Waals surface area contributed by atoms with Crippen LogP contribution >= 0.6 is 0 Å². The Balaban J connectivity index is 1.68. The van der Waals surface area contributed by atoms with Crippen molar-refractivity contribution in [1.82, 2.24) is 9.97 Å². The normalized spacial score (nSPS) is 10.7. The number of hydrogen-bond donors (Lipinski definition) is 1. The van der Waals surface area contributed by atoms with Crippen molar-refractivity contribution in [3.8, 4) is 11.4 Å². The van der Waals surface area contributed by atoms with E-state index in [1.807, 2.05) is 0 Å². The first kappa shape index (κ1) is 17.9. The molecule has 0 aliphatic rings. The van der Waals surface area contributed by atoms with Gasteiger partial charge in [0.15, 0.2) is 5.82 Å². The summed E-state index contributed by atoms with van der Waals surface area (Å²) in [6.45, 7) is 0. The average molecular weight is 364 g/mol. The second-order valence-electron chi connectivity index (χ2n) is 5.48. The van der Waals surface area contributed by atoms with Gasteiger partial charge in [-0.25, -0.2) is 14.4 Å². The highest BCUT2D eigenvalue weighted by Crippen LogP contribution is 2.20. The predicted octanol–water partition coefficient (Wildman–Crippen LogP) is 3.84. The third-order valence-electron chi connectivity index (χ3n) is 3.51. The molecule has 27 heavy (non-hydrogen) atoms. The van der Waals surface area contributed by atoms with Crippen LogP contribution in [0, 0.1) is 15.9 Å². The van der Waals surface area contributed by atoms with Crippen LogP contribution in [-0.2, 0) is 4.79 Å². The van der Waals surface area contributed by atoms with E-state index >= 15 is 0 Å². The molecule has 1 amide bonds. The van der Waals surface area contributed by atoms with E-state index < -0.39 is 16.6 Å². The summed E-state index contributed by atoms with van der Waals surface area (Å²) in [6, 6.07) is 11.6. The molecule has 0 bridgehead atoms. The largest absolute Gasteiger partial charge is 0.322 e. The Bertz CT molecular complexity index is 1020. The number of nitro benzene ring substituents is 1. The van der Waals surface area contributed by atoms with E-state index in [0.29, 0.717) is 22.6 Å². The number of rotatable bonds is 5. The van der Waals surface area contributed by atoms with Gasteiger partial charge in [-0.3, -0.25) is 14.9 Å². The molecule has 7 nitrogen and oxygen atoms in total. The molecule has 1 N–H and O–H groups in total. The van der Waals surface area contributed by atoms with Crippen LogP contribution in [0.5, 0.6) is 0 Å². The van der Waals surface area contributed by atoms with Crippen LogP contribution < -0.4 is 5.32 Å². The third kappa shape index (κ3) is 4.79. The van der Waals surface area contributed by atoms with Gasteiger partial charge in [-0.1, -0.05) is 18.2 Å². The van der Waals surface area contributed by atoms with Crippen molar-refractivity contribution in [2.45, 2.75) is 0 Å². The molecule has 1 heterocycles. The van der Waals surface area contributed by atoms with E-state index in [9.17, 15) is 19.3 Å². The van der Waals surface area contributed by atoms with Gasteiger partial charge in [-0.2, -0.15) is 0 Å². The van der Waals surface area contributed by atoms with E-state index in [4.69, 9.17) is 0 Å². The van der Waals surface area contributed by atoms with Crippen LogP contribution in [0.3, 0.4) is 0 Å². The standard InChI is InChI=1S/C19H13FN4O3/c20-15-4-2-5-16(10-15)23-18(25)8-7-13-11-21-19(22-12-13)14-3-1-6-17(9-14)24(26)27/h1-12H,(H,23,25)/b8-7+. The average Bonchev–Trinajstić information content (AvgIpc) is 2.67. The summed E-state index contributed by atoms with van der Waals surface area (Å²) in [5, 5.41) is 13.4. The first-order chi connectivity index (χ1) is 13.0. The van der Waals surface area contributed by atoms with Crippen LogP contribution in [-0.4, -0.2) is 20.8 Å². The third-order valence-corrected chi connectivity index (χ3v) is 3.51. The lowest BCUT2D eigenvalue weighted by atomic mass is 10.2. The molecule has 2 aromatic carbocycles. The summed E-state index contributed by atoms with van der Waals surface area (Å²) in [5.74, 6) is -0.537. The zero-order valence-corrected chi connectivity index (χ0v) is 13.9. The summed E-state index contributed by atoms with van der Waals surface area (Å²) >= 11 is 0. The smallest absolute Gasteiger partial charge is 0.270 e. The number of hydrogen-bond acceptors (Lipinski definition) is 5. The van der Waals surface area contributed by atoms with Crippen molar-refractivity contribution in [3.05, 3.63) is 88.5 Å². The number of nitrogens with one attached hydrogen (secondary N) is 1. The van der Waals surface area contributed by atoms with Gasteiger partial charge in [-0.15, -0.1) is 0 Å². The molecule has 0 saturated carbocycles. The predicted molar refractivity (Wildman–Crippen MR) is 98.2 cm³/mol. The van der Waals surface area contributed by atoms with Gasteiger partial charge in [0.2, 0.25) is 5.91 Å². The highest BCUT2D eigenvalue weighted by atomic mass is 19.1. The summed E-state index contributed by atoms with van der Waals surface area (Å²) in [6.07, 6.45) is 5.77. The lowest BCUT2D eigenvalue weighted by Gasteiger charge is -2.02. The summed E-state index contributed by atoms with van der Waals surface area (Å²) in [5.41, 5.74) is 1.39. The van der Waals surface area contributed by atoms with Crippen molar-refractivity contribution in [2.24, 2.45) is 0 Å². The number of aromatic nitrogens is 2. The first-order valence-corrected chi connectivity index (χ1v) is 7.83. The fraction of sp³-hybridized carbons (Fsp3) is 0. The van der Waals surface area contributed by atoms with Crippen LogP contribution in [0.1, 0.15) is 5.56 Å². The molecule has 0 fully saturated rings. The topological polar surface area (TPSA) is 98.0 Å². The SMILES string of the molecule is O=C(/C=C/c1cnc(-c2cccc([N+](=O)[O-])c2)nc1)Nc1cccc(F)c1. The monoisotopic (exact) mass is 364 g/mol. The maximum absolute atomic E-state index is 13.1. The Morgan fingerprint density at radius 1 is 1.11 bits per heavy atom. The molecule has 0 radical (unpaired) electrons. The molecule has 0 saturated heterocycles. The van der Waals surface area contributed by atoms with Gasteiger partial charge in [-0.05, 0) is 24.3 Å². The number of halogens is 1. The maximum Gasteiger partial charge on any atom is 0.270 e. The van der Waals surface area contributed by atoms with E-state index in [0.717, 1.165) is 0 Å². The Morgan fingerprint density at radius 3 is 2.56 bits per heavy atom. The van der Waals surface area contributed by atoms with Gasteiger partial charge in [0.25, 0.3) is 5.69 Å². The van der Waals surface area contributed by atoms with Gasteiger partial charge in [0.1, 0.15) is 5.82 Å². The number of nitrogens with zero attached hydrogens (tertiary/aromatic N) is 3. The van der Waals surface area contributed by atoms with Crippen molar-refractivity contribution < 1.29 is 14.1 Å². The van der Waals surface area contributed by atoms with Crippen molar-refractivity contribution in [2.75, 3.05) is 5.32 Å². The van der Waals surface area contributed by atoms with Gasteiger partial charge >= 0.3 is 0 Å². The van der Waals surface area contributed by atoms with E-state index in [1.54, 1.807) is 18.2 Å². The number of non-ortho nitro benzene ring substituents is 1. The van der Waals surface area contributed by atoms with Crippen molar-refractivity contribution >= 4 is 23.4 Å². The molecule has 0 unspecified atom stereocenters. The van der Waals surface area contributed by atoms with Crippen molar-refractivity contribution in [1.29, 1.82) is 0 Å². The molecule has 1 aromatic heterocycles. The molecule has 134 valence electrons. The molecule has 0 aliphatic carbocycles. The van der Waals surface area contributed by atoms with Crippen molar-refractivity contribution in [3.63, 3.8) is 0 Å². The Labute approximate surface area is 153 Å². The fourth-order valence-electron chi connectivity index (χ4n) is 2.25. The molecule has 0 aliphatic heterocycles. The Morgan fingerprint density at radius 2 is 1.85 bits per heavy atom. The number of benzene rings is 2. The Kier molecular flexibility index (Phi) is 5.27. The van der Waals surface area contributed by atoms with Crippen LogP contribution in [0.4, 0.5) is 15.8 Å². The molecule has 3 aromatic rings. The molecule has 0 atom stereocenters. The molecular formula is C19H13FN4O3. The maximum atomic E-state index is 13.1. The first-order valence-electron chi connectivity index (χ1n) is 7.83. The molecule has 3 rings (SSSR count). The summed E-state index contributed by atoms with van der Waals surface area (Å²) < 4.78 is 13.1.